The van der Waals surface area contributed by atoms with Crippen molar-refractivity contribution in [1.29, 1.82) is 0 Å². The summed E-state index contributed by atoms with van der Waals surface area (Å²) in [6.07, 6.45) is -6.25. The number of amides is 1. The van der Waals surface area contributed by atoms with Crippen LogP contribution in [0.25, 0.3) is 11.1 Å². The van der Waals surface area contributed by atoms with Crippen LogP contribution in [0.15, 0.2) is 66.7 Å². The number of ether oxygens (including phenoxy) is 3. The molecular weight excluding hydrogens is 479 g/mol. The molecule has 0 spiro atoms. The van der Waals surface area contributed by atoms with Crippen molar-refractivity contribution >= 4 is 12.1 Å². The highest BCUT2D eigenvalue weighted by atomic mass is 19.4. The largest absolute Gasteiger partial charge is 0.573 e. The van der Waals surface area contributed by atoms with Gasteiger partial charge in [-0.15, -0.1) is 13.2 Å². The van der Waals surface area contributed by atoms with Gasteiger partial charge in [0.1, 0.15) is 24.1 Å². The Morgan fingerprint density at radius 1 is 1.00 bits per heavy atom. The molecule has 36 heavy (non-hydrogen) atoms. The highest BCUT2D eigenvalue weighted by Crippen LogP contribution is 2.44. The van der Waals surface area contributed by atoms with Crippen molar-refractivity contribution in [2.75, 3.05) is 13.7 Å². The number of benzene rings is 3. The molecule has 0 aliphatic heterocycles. The summed E-state index contributed by atoms with van der Waals surface area (Å²) in [7, 11) is 1.29. The number of methoxy groups -OCH3 is 1. The Hall–Kier alpha value is -4.21. The summed E-state index contributed by atoms with van der Waals surface area (Å²) in [5, 5.41) is 11.9. The molecule has 0 heterocycles. The van der Waals surface area contributed by atoms with Gasteiger partial charge in [-0.1, -0.05) is 48.5 Å². The van der Waals surface area contributed by atoms with Gasteiger partial charge >= 0.3 is 18.4 Å². The molecule has 1 atom stereocenters. The van der Waals surface area contributed by atoms with E-state index >= 15 is 0 Å². The maximum absolute atomic E-state index is 12.6. The number of hydrogen-bond donors (Lipinski definition) is 2. The number of carbonyl (C=O) groups is 2. The Bertz CT molecular complexity index is 1230. The molecule has 3 aromatic carbocycles. The summed E-state index contributed by atoms with van der Waals surface area (Å²) in [6.45, 7) is -0.0234. The number of alkyl halides is 3. The predicted molar refractivity (Wildman–Crippen MR) is 123 cm³/mol. The lowest BCUT2D eigenvalue weighted by Gasteiger charge is -2.19. The van der Waals surface area contributed by atoms with E-state index in [1.165, 1.54) is 13.2 Å². The summed E-state index contributed by atoms with van der Waals surface area (Å²) in [4.78, 5) is 24.4. The topological polar surface area (TPSA) is 94.1 Å². The lowest BCUT2D eigenvalue weighted by molar-refractivity contribution is -0.274. The smallest absolute Gasteiger partial charge is 0.496 e. The number of alkyl carbamates (subject to hydrolysis) is 1. The van der Waals surface area contributed by atoms with E-state index < -0.39 is 30.2 Å². The fourth-order valence-corrected chi connectivity index (χ4v) is 4.31. The first-order valence-electron chi connectivity index (χ1n) is 10.9. The Labute approximate surface area is 204 Å². The van der Waals surface area contributed by atoms with Crippen LogP contribution in [0, 0.1) is 0 Å². The van der Waals surface area contributed by atoms with Crippen molar-refractivity contribution in [3.8, 4) is 22.6 Å². The molecule has 188 valence electrons. The standard InChI is InChI=1S/C26H22F3NO6/c1-34-23-11-10-16(36-26(27,28)29)12-15(23)13-22(24(31)32)30-25(33)35-14-21-19-8-4-2-6-17(19)18-7-3-5-9-20(18)21/h2-12,21-22H,13-14H2,1H3,(H,30,33)(H,31,32). The van der Waals surface area contributed by atoms with Gasteiger partial charge in [-0.2, -0.15) is 0 Å². The van der Waals surface area contributed by atoms with E-state index in [-0.39, 0.29) is 30.3 Å². The molecule has 7 nitrogen and oxygen atoms in total. The van der Waals surface area contributed by atoms with Crippen LogP contribution in [-0.2, 0) is 16.0 Å². The van der Waals surface area contributed by atoms with Crippen LogP contribution in [0.5, 0.6) is 11.5 Å². The third-order valence-electron chi connectivity index (χ3n) is 5.84. The molecule has 0 bridgehead atoms. The predicted octanol–water partition coefficient (Wildman–Crippen LogP) is 5.13. The van der Waals surface area contributed by atoms with E-state index in [4.69, 9.17) is 9.47 Å². The zero-order valence-corrected chi connectivity index (χ0v) is 19.0. The SMILES string of the molecule is COc1ccc(OC(F)(F)F)cc1CC(NC(=O)OCC1c2ccccc2-c2ccccc21)C(=O)O. The van der Waals surface area contributed by atoms with Gasteiger partial charge in [0.25, 0.3) is 0 Å². The van der Waals surface area contributed by atoms with Crippen molar-refractivity contribution < 1.29 is 42.1 Å². The van der Waals surface area contributed by atoms with E-state index in [0.717, 1.165) is 34.4 Å². The molecule has 1 unspecified atom stereocenters. The maximum atomic E-state index is 12.6. The monoisotopic (exact) mass is 501 g/mol. The Morgan fingerprint density at radius 3 is 2.17 bits per heavy atom. The number of carboxylic acids is 1. The van der Waals surface area contributed by atoms with Gasteiger partial charge in [0.05, 0.1) is 7.11 Å². The molecule has 0 saturated carbocycles. The van der Waals surface area contributed by atoms with Gasteiger partial charge in [-0.3, -0.25) is 0 Å². The second-order valence-electron chi connectivity index (χ2n) is 8.09. The minimum atomic E-state index is -4.92. The Morgan fingerprint density at radius 2 is 1.61 bits per heavy atom. The van der Waals surface area contributed by atoms with Crippen LogP contribution in [0.1, 0.15) is 22.6 Å². The minimum absolute atomic E-state index is 0.0234. The summed E-state index contributed by atoms with van der Waals surface area (Å²) >= 11 is 0. The normalized spacial score (nSPS) is 13.3. The van der Waals surface area contributed by atoms with Gasteiger partial charge < -0.3 is 24.6 Å². The first-order chi connectivity index (χ1) is 17.2. The number of hydrogen-bond acceptors (Lipinski definition) is 5. The Balaban J connectivity index is 1.45. The van der Waals surface area contributed by atoms with E-state index in [2.05, 4.69) is 10.1 Å². The molecule has 0 saturated heterocycles. The van der Waals surface area contributed by atoms with Crippen LogP contribution in [0.3, 0.4) is 0 Å². The van der Waals surface area contributed by atoms with Crippen LogP contribution in [0.4, 0.5) is 18.0 Å². The minimum Gasteiger partial charge on any atom is -0.496 e. The lowest BCUT2D eigenvalue weighted by Crippen LogP contribution is -2.43. The average molecular weight is 501 g/mol. The molecule has 4 rings (SSSR count). The highest BCUT2D eigenvalue weighted by Gasteiger charge is 2.32. The van der Waals surface area contributed by atoms with Crippen molar-refractivity contribution in [3.63, 3.8) is 0 Å². The van der Waals surface area contributed by atoms with Gasteiger partial charge in [0.2, 0.25) is 0 Å². The zero-order valence-electron chi connectivity index (χ0n) is 19.0. The van der Waals surface area contributed by atoms with Gasteiger partial charge in [-0.05, 0) is 40.5 Å². The van der Waals surface area contributed by atoms with Crippen LogP contribution < -0.4 is 14.8 Å². The highest BCUT2D eigenvalue weighted by molar-refractivity contribution is 5.81. The quantitative estimate of drug-likeness (QED) is 0.445. The van der Waals surface area contributed by atoms with Crippen molar-refractivity contribution in [2.24, 2.45) is 0 Å². The van der Waals surface area contributed by atoms with E-state index in [1.54, 1.807) is 0 Å². The summed E-state index contributed by atoms with van der Waals surface area (Å²) in [6, 6.07) is 17.3. The van der Waals surface area contributed by atoms with Crippen LogP contribution in [0.2, 0.25) is 0 Å². The molecule has 1 amide bonds. The Kier molecular flexibility index (Phi) is 7.05. The summed E-state index contributed by atoms with van der Waals surface area (Å²) < 4.78 is 52.2. The number of carboxylic acid groups (broad SMARTS) is 1. The zero-order chi connectivity index (χ0) is 25.9. The van der Waals surface area contributed by atoms with Crippen LogP contribution in [-0.4, -0.2) is 43.3 Å². The fraction of sp³-hybridized carbons (Fsp3) is 0.231. The van der Waals surface area contributed by atoms with Gasteiger partial charge in [0, 0.05) is 17.9 Å². The molecule has 0 aromatic heterocycles. The third kappa shape index (κ3) is 5.54. The number of aliphatic carboxylic acids is 1. The number of nitrogens with one attached hydrogen (secondary N) is 1. The second-order valence-corrected chi connectivity index (χ2v) is 8.09. The van der Waals surface area contributed by atoms with E-state index in [9.17, 15) is 27.9 Å². The molecule has 3 aromatic rings. The summed E-state index contributed by atoms with van der Waals surface area (Å²) in [5.74, 6) is -2.01. The first-order valence-corrected chi connectivity index (χ1v) is 10.9. The number of halogens is 3. The van der Waals surface area contributed by atoms with Crippen molar-refractivity contribution in [2.45, 2.75) is 24.7 Å². The lowest BCUT2D eigenvalue weighted by atomic mass is 9.98. The summed E-state index contributed by atoms with van der Waals surface area (Å²) in [5.41, 5.74) is 4.17. The third-order valence-corrected chi connectivity index (χ3v) is 5.84. The molecule has 1 aliphatic rings. The molecule has 1 aliphatic carbocycles. The fourth-order valence-electron chi connectivity index (χ4n) is 4.31. The first kappa shape index (κ1) is 24.9. The van der Waals surface area contributed by atoms with Crippen molar-refractivity contribution in [1.82, 2.24) is 5.32 Å². The van der Waals surface area contributed by atoms with Crippen molar-refractivity contribution in [3.05, 3.63) is 83.4 Å². The van der Waals surface area contributed by atoms with Gasteiger partial charge in [-0.25, -0.2) is 9.59 Å². The molecule has 10 heteroatoms. The van der Waals surface area contributed by atoms with Gasteiger partial charge in [0.15, 0.2) is 0 Å². The van der Waals surface area contributed by atoms with E-state index in [1.807, 2.05) is 48.5 Å². The maximum Gasteiger partial charge on any atom is 0.573 e. The molecular formula is C26H22F3NO6. The second kappa shape index (κ2) is 10.2. The average Bonchev–Trinajstić information content (AvgIpc) is 3.15. The number of fused-ring (bicyclic) bond motifs is 3. The molecule has 0 fully saturated rings. The van der Waals surface area contributed by atoms with Crippen LogP contribution >= 0.6 is 0 Å². The number of carbonyl (C=O) groups excluding carboxylic acids is 1. The molecule has 0 radical (unpaired) electrons. The van der Waals surface area contributed by atoms with E-state index in [0.29, 0.717) is 0 Å². The molecule has 2 N–H and O–H groups in total. The number of rotatable bonds is 8.